The van der Waals surface area contributed by atoms with Crippen LogP contribution in [-0.4, -0.2) is 27.7 Å². The second kappa shape index (κ2) is 4.96. The van der Waals surface area contributed by atoms with Crippen molar-refractivity contribution in [3.8, 4) is 11.5 Å². The van der Waals surface area contributed by atoms with E-state index in [-0.39, 0.29) is 27.1 Å². The summed E-state index contributed by atoms with van der Waals surface area (Å²) in [4.78, 5) is 2.67. The molecule has 7 nitrogen and oxygen atoms in total. The lowest BCUT2D eigenvalue weighted by Gasteiger charge is -2.08. The number of benzene rings is 2. The van der Waals surface area contributed by atoms with Crippen LogP contribution in [0.4, 0.5) is 5.69 Å². The monoisotopic (exact) mass is 295 g/mol. The molecule has 0 saturated carbocycles. The highest BCUT2D eigenvalue weighted by Gasteiger charge is 2.27. The molecule has 0 heterocycles. The number of nitrogens with zero attached hydrogens (tertiary/aromatic N) is 2. The molecule has 0 aliphatic heterocycles. The normalized spacial score (nSPS) is 11.2. The molecule has 1 N–H and O–H groups in total. The molecule has 0 bridgehead atoms. The second-order valence-corrected chi connectivity index (χ2v) is 5.56. The van der Waals surface area contributed by atoms with E-state index in [0.717, 1.165) is 13.2 Å². The Morgan fingerprint density at radius 3 is 2.45 bits per heavy atom. The number of methoxy groups -OCH3 is 1. The van der Waals surface area contributed by atoms with Gasteiger partial charge in [0, 0.05) is 10.8 Å². The minimum absolute atomic E-state index is 0.176. The van der Waals surface area contributed by atoms with Crippen molar-refractivity contribution in [1.82, 2.24) is 0 Å². The predicted octanol–water partition coefficient (Wildman–Crippen LogP) is 2.37. The molecule has 0 atom stereocenters. The summed E-state index contributed by atoms with van der Waals surface area (Å²) in [6.07, 6.45) is 0. The van der Waals surface area contributed by atoms with Gasteiger partial charge in [-0.15, -0.1) is 0 Å². The SMILES string of the molecule is COc1ccc2c(S(=O)(=O)OC)cc([N+]#N)c(O)c2c1. The molecule has 0 aliphatic rings. The molecule has 0 saturated heterocycles. The van der Waals surface area contributed by atoms with Crippen LogP contribution in [0, 0.1) is 5.39 Å². The Morgan fingerprint density at radius 2 is 1.90 bits per heavy atom. The van der Waals surface area contributed by atoms with Crippen LogP contribution in [0.15, 0.2) is 29.2 Å². The van der Waals surface area contributed by atoms with Crippen LogP contribution in [0.25, 0.3) is 15.7 Å². The average molecular weight is 295 g/mol. The van der Waals surface area contributed by atoms with E-state index in [1.54, 1.807) is 6.07 Å². The number of rotatable bonds is 3. The van der Waals surface area contributed by atoms with Gasteiger partial charge in [0.15, 0.2) is 4.98 Å². The molecular weight excluding hydrogens is 284 g/mol. The summed E-state index contributed by atoms with van der Waals surface area (Å²) in [6.45, 7) is 0. The number of diazo groups is 1. The lowest BCUT2D eigenvalue weighted by molar-refractivity contribution is 0.398. The average Bonchev–Trinajstić information content (AvgIpc) is 2.47. The Labute approximate surface area is 115 Å². The van der Waals surface area contributed by atoms with Crippen molar-refractivity contribution in [2.24, 2.45) is 0 Å². The van der Waals surface area contributed by atoms with E-state index >= 15 is 0 Å². The number of hydrogen-bond donors (Lipinski definition) is 1. The lowest BCUT2D eigenvalue weighted by Crippen LogP contribution is -2.03. The van der Waals surface area contributed by atoms with E-state index in [0.29, 0.717) is 5.75 Å². The van der Waals surface area contributed by atoms with E-state index in [1.807, 2.05) is 0 Å². The first kappa shape index (κ1) is 14.0. The zero-order valence-corrected chi connectivity index (χ0v) is 11.5. The van der Waals surface area contributed by atoms with Gasteiger partial charge in [-0.2, -0.15) is 8.42 Å². The third kappa shape index (κ3) is 2.13. The first-order valence-electron chi connectivity index (χ1n) is 5.44. The van der Waals surface area contributed by atoms with E-state index in [1.165, 1.54) is 19.2 Å². The first-order valence-corrected chi connectivity index (χ1v) is 6.85. The van der Waals surface area contributed by atoms with E-state index in [2.05, 4.69) is 9.16 Å². The maximum absolute atomic E-state index is 11.9. The van der Waals surface area contributed by atoms with Gasteiger partial charge in [-0.05, 0) is 18.2 Å². The van der Waals surface area contributed by atoms with Gasteiger partial charge in [-0.25, -0.2) is 0 Å². The smallest absolute Gasteiger partial charge is 0.428 e. The maximum atomic E-state index is 11.9. The standard InChI is InChI=1S/C12H10N2O5S/c1-18-7-3-4-8-9(5-7)12(15)10(14-13)6-11(8)20(16,17)19-2/h3-6H,1-2H3/p+1. The summed E-state index contributed by atoms with van der Waals surface area (Å²) in [5, 5.41) is 19.3. The fourth-order valence-electron chi connectivity index (χ4n) is 1.84. The molecule has 0 spiro atoms. The van der Waals surface area contributed by atoms with Gasteiger partial charge in [-0.1, -0.05) is 0 Å². The van der Waals surface area contributed by atoms with Crippen molar-refractivity contribution in [2.45, 2.75) is 4.90 Å². The predicted molar refractivity (Wildman–Crippen MR) is 71.1 cm³/mol. The topological polar surface area (TPSA) is 101 Å². The number of hydrogen-bond acceptors (Lipinski definition) is 6. The molecule has 0 unspecified atom stereocenters. The quantitative estimate of drug-likeness (QED) is 0.689. The fourth-order valence-corrected chi connectivity index (χ4v) is 2.73. The third-order valence-electron chi connectivity index (χ3n) is 2.85. The Morgan fingerprint density at radius 1 is 1.20 bits per heavy atom. The maximum Gasteiger partial charge on any atom is 0.428 e. The Bertz CT molecular complexity index is 824. The van der Waals surface area contributed by atoms with Crippen LogP contribution in [0.3, 0.4) is 0 Å². The zero-order chi connectivity index (χ0) is 14.9. The van der Waals surface area contributed by atoms with Crippen LogP contribution in [-0.2, 0) is 14.3 Å². The minimum atomic E-state index is -4.02. The van der Waals surface area contributed by atoms with Gasteiger partial charge in [-0.3, -0.25) is 4.18 Å². The second-order valence-electron chi connectivity index (χ2n) is 3.87. The van der Waals surface area contributed by atoms with Gasteiger partial charge in [0.25, 0.3) is 10.1 Å². The Kier molecular flexibility index (Phi) is 3.48. The molecule has 0 radical (unpaired) electrons. The number of aromatic hydroxyl groups is 1. The largest absolute Gasteiger partial charge is 0.501 e. The van der Waals surface area contributed by atoms with Gasteiger partial charge in [0.2, 0.25) is 11.1 Å². The number of ether oxygens (including phenoxy) is 1. The molecule has 0 aromatic heterocycles. The summed E-state index contributed by atoms with van der Waals surface area (Å²) < 4.78 is 33.3. The lowest BCUT2D eigenvalue weighted by atomic mass is 10.1. The summed E-state index contributed by atoms with van der Waals surface area (Å²) in [5.41, 5.74) is -0.277. The van der Waals surface area contributed by atoms with Crippen LogP contribution < -0.4 is 4.74 Å². The van der Waals surface area contributed by atoms with Gasteiger partial charge in [0.05, 0.1) is 20.3 Å². The van der Waals surface area contributed by atoms with Crippen molar-refractivity contribution in [3.05, 3.63) is 29.2 Å². The molecule has 0 aliphatic carbocycles. The van der Waals surface area contributed by atoms with Crippen LogP contribution in [0.5, 0.6) is 11.5 Å². The summed E-state index contributed by atoms with van der Waals surface area (Å²) in [5.74, 6) is 0.0695. The van der Waals surface area contributed by atoms with Crippen molar-refractivity contribution in [2.75, 3.05) is 14.2 Å². The number of phenolic OH excluding ortho intramolecular Hbond substituents is 1. The molecule has 2 aromatic rings. The first-order chi connectivity index (χ1) is 9.44. The summed E-state index contributed by atoms with van der Waals surface area (Å²) in [7, 11) is -1.56. The zero-order valence-electron chi connectivity index (χ0n) is 10.7. The van der Waals surface area contributed by atoms with Crippen molar-refractivity contribution < 1.29 is 22.4 Å². The molecule has 8 heteroatoms. The molecule has 2 rings (SSSR count). The third-order valence-corrected chi connectivity index (χ3v) is 4.17. The molecule has 20 heavy (non-hydrogen) atoms. The van der Waals surface area contributed by atoms with Crippen LogP contribution in [0.2, 0.25) is 0 Å². The highest BCUT2D eigenvalue weighted by Crippen LogP contribution is 2.40. The van der Waals surface area contributed by atoms with Gasteiger partial charge >= 0.3 is 5.69 Å². The fraction of sp³-hybridized carbons (Fsp3) is 0.167. The molecule has 104 valence electrons. The van der Waals surface area contributed by atoms with Crippen molar-refractivity contribution >= 4 is 26.6 Å². The number of fused-ring (bicyclic) bond motifs is 1. The van der Waals surface area contributed by atoms with Gasteiger partial charge in [0.1, 0.15) is 10.6 Å². The highest BCUT2D eigenvalue weighted by molar-refractivity contribution is 7.87. The van der Waals surface area contributed by atoms with E-state index < -0.39 is 10.1 Å². The van der Waals surface area contributed by atoms with Crippen LogP contribution >= 0.6 is 0 Å². The molecule has 0 amide bonds. The van der Waals surface area contributed by atoms with Gasteiger partial charge < -0.3 is 9.84 Å². The molecule has 0 fully saturated rings. The summed E-state index contributed by atoms with van der Waals surface area (Å²) >= 11 is 0. The van der Waals surface area contributed by atoms with Crippen molar-refractivity contribution in [1.29, 1.82) is 5.39 Å². The Hall–Kier alpha value is -2.37. The Balaban J connectivity index is 2.97. The highest BCUT2D eigenvalue weighted by atomic mass is 32.2. The summed E-state index contributed by atoms with van der Waals surface area (Å²) in [6, 6.07) is 5.49. The van der Waals surface area contributed by atoms with Crippen molar-refractivity contribution in [3.63, 3.8) is 0 Å². The molecule has 2 aromatic carbocycles. The van der Waals surface area contributed by atoms with Crippen LogP contribution in [0.1, 0.15) is 0 Å². The van der Waals surface area contributed by atoms with E-state index in [4.69, 9.17) is 10.1 Å². The number of phenols is 1. The molecular formula is C12H11N2O5S+. The minimum Gasteiger partial charge on any atom is -0.501 e. The van der Waals surface area contributed by atoms with E-state index in [9.17, 15) is 13.5 Å².